The van der Waals surface area contributed by atoms with Crippen molar-refractivity contribution in [3.05, 3.63) is 0 Å². The molecule has 1 aliphatic rings. The van der Waals surface area contributed by atoms with Gasteiger partial charge in [0.2, 0.25) is 0 Å². The van der Waals surface area contributed by atoms with Crippen LogP contribution in [0.5, 0.6) is 0 Å². The van der Waals surface area contributed by atoms with Crippen LogP contribution in [-0.4, -0.2) is 32.5 Å². The number of rotatable bonds is 5. The maximum Gasteiger partial charge on any atom is 0.389 e. The summed E-state index contributed by atoms with van der Waals surface area (Å²) < 4.78 is 40.6. The fourth-order valence-corrected chi connectivity index (χ4v) is 1.67. The summed E-state index contributed by atoms with van der Waals surface area (Å²) in [6.45, 7) is 2.83. The van der Waals surface area contributed by atoms with Crippen LogP contribution in [0.15, 0.2) is 0 Å². The fraction of sp³-hybridized carbons (Fsp3) is 1.00. The van der Waals surface area contributed by atoms with Crippen LogP contribution in [0.2, 0.25) is 0 Å². The highest BCUT2D eigenvalue weighted by Crippen LogP contribution is 2.21. The lowest BCUT2D eigenvalue weighted by Crippen LogP contribution is -2.30. The lowest BCUT2D eigenvalue weighted by Gasteiger charge is -2.22. The van der Waals surface area contributed by atoms with E-state index in [0.717, 1.165) is 25.9 Å². The van der Waals surface area contributed by atoms with Crippen molar-refractivity contribution in [3.63, 3.8) is 0 Å². The number of nitrogens with one attached hydrogen (secondary N) is 1. The molecule has 90 valence electrons. The number of hydrogen-bond donors (Lipinski definition) is 1. The molecule has 0 aliphatic carbocycles. The predicted molar refractivity (Wildman–Crippen MR) is 51.7 cm³/mol. The first-order chi connectivity index (χ1) is 7.08. The fourth-order valence-electron chi connectivity index (χ4n) is 1.67. The van der Waals surface area contributed by atoms with Crippen LogP contribution in [-0.2, 0) is 4.74 Å². The van der Waals surface area contributed by atoms with Crippen molar-refractivity contribution in [2.75, 3.05) is 26.3 Å². The Bertz CT molecular complexity index is 167. The standard InChI is InChI=1S/C10H18F3NO/c11-10(12,13)4-1-7-15-8-9-2-5-14-6-3-9/h9,14H,1-8H2. The van der Waals surface area contributed by atoms with Crippen LogP contribution in [0.4, 0.5) is 13.2 Å². The molecule has 1 aliphatic heterocycles. The molecule has 1 fully saturated rings. The Balaban J connectivity index is 1.92. The SMILES string of the molecule is FC(F)(F)CCCOCC1CCNCC1. The largest absolute Gasteiger partial charge is 0.389 e. The highest BCUT2D eigenvalue weighted by Gasteiger charge is 2.26. The van der Waals surface area contributed by atoms with Crippen LogP contribution in [0.25, 0.3) is 0 Å². The van der Waals surface area contributed by atoms with E-state index in [1.54, 1.807) is 0 Å². The number of piperidine rings is 1. The van der Waals surface area contributed by atoms with Gasteiger partial charge in [-0.15, -0.1) is 0 Å². The Hall–Kier alpha value is -0.290. The van der Waals surface area contributed by atoms with Gasteiger partial charge in [0.25, 0.3) is 0 Å². The summed E-state index contributed by atoms with van der Waals surface area (Å²) in [6.07, 6.45) is -2.57. The molecule has 0 aromatic heterocycles. The van der Waals surface area contributed by atoms with E-state index in [0.29, 0.717) is 12.5 Å². The summed E-state index contributed by atoms with van der Waals surface area (Å²) in [5.74, 6) is 0.525. The third-order valence-electron chi connectivity index (χ3n) is 2.56. The van der Waals surface area contributed by atoms with Crippen LogP contribution in [0, 0.1) is 5.92 Å². The van der Waals surface area contributed by atoms with Crippen molar-refractivity contribution in [3.8, 4) is 0 Å². The van der Waals surface area contributed by atoms with Crippen molar-refractivity contribution in [2.45, 2.75) is 31.9 Å². The average Bonchev–Trinajstić information content (AvgIpc) is 2.17. The second-order valence-electron chi connectivity index (χ2n) is 3.99. The van der Waals surface area contributed by atoms with E-state index in [1.807, 2.05) is 0 Å². The molecule has 0 saturated carbocycles. The van der Waals surface area contributed by atoms with Gasteiger partial charge in [-0.2, -0.15) is 13.2 Å². The van der Waals surface area contributed by atoms with Gasteiger partial charge in [0.05, 0.1) is 0 Å². The minimum Gasteiger partial charge on any atom is -0.381 e. The van der Waals surface area contributed by atoms with Gasteiger partial charge < -0.3 is 10.1 Å². The molecule has 0 spiro atoms. The molecule has 0 radical (unpaired) electrons. The van der Waals surface area contributed by atoms with Crippen molar-refractivity contribution in [2.24, 2.45) is 5.92 Å². The monoisotopic (exact) mass is 225 g/mol. The smallest absolute Gasteiger partial charge is 0.381 e. The summed E-state index contributed by atoms with van der Waals surface area (Å²) in [5, 5.41) is 3.23. The molecule has 5 heteroatoms. The zero-order valence-electron chi connectivity index (χ0n) is 8.78. The third-order valence-corrected chi connectivity index (χ3v) is 2.56. The van der Waals surface area contributed by atoms with E-state index >= 15 is 0 Å². The molecule has 2 nitrogen and oxygen atoms in total. The molecule has 1 heterocycles. The molecule has 1 rings (SSSR count). The topological polar surface area (TPSA) is 21.3 Å². The Morgan fingerprint density at radius 2 is 1.87 bits per heavy atom. The van der Waals surface area contributed by atoms with Gasteiger partial charge in [0, 0.05) is 19.6 Å². The molecular formula is C10H18F3NO. The minimum atomic E-state index is -4.04. The van der Waals surface area contributed by atoms with Gasteiger partial charge in [0.1, 0.15) is 0 Å². The molecule has 0 bridgehead atoms. The third kappa shape index (κ3) is 6.73. The summed E-state index contributed by atoms with van der Waals surface area (Å²) in [5.41, 5.74) is 0. The summed E-state index contributed by atoms with van der Waals surface area (Å²) in [4.78, 5) is 0. The average molecular weight is 225 g/mol. The number of alkyl halides is 3. The van der Waals surface area contributed by atoms with Crippen LogP contribution >= 0.6 is 0 Å². The normalized spacial score (nSPS) is 19.4. The Labute approximate surface area is 88.2 Å². The van der Waals surface area contributed by atoms with Crippen molar-refractivity contribution >= 4 is 0 Å². The maximum absolute atomic E-state index is 11.8. The highest BCUT2D eigenvalue weighted by atomic mass is 19.4. The predicted octanol–water partition coefficient (Wildman–Crippen LogP) is 2.35. The first-order valence-electron chi connectivity index (χ1n) is 5.43. The van der Waals surface area contributed by atoms with Crippen molar-refractivity contribution < 1.29 is 17.9 Å². The first kappa shape index (κ1) is 12.8. The molecule has 0 amide bonds. The van der Waals surface area contributed by atoms with E-state index in [2.05, 4.69) is 5.32 Å². The molecule has 15 heavy (non-hydrogen) atoms. The zero-order valence-corrected chi connectivity index (χ0v) is 8.78. The van der Waals surface area contributed by atoms with Crippen LogP contribution in [0.1, 0.15) is 25.7 Å². The van der Waals surface area contributed by atoms with E-state index in [1.165, 1.54) is 0 Å². The van der Waals surface area contributed by atoms with Gasteiger partial charge in [0.15, 0.2) is 0 Å². The van der Waals surface area contributed by atoms with E-state index in [9.17, 15) is 13.2 Å². The van der Waals surface area contributed by atoms with E-state index < -0.39 is 12.6 Å². The van der Waals surface area contributed by atoms with E-state index in [4.69, 9.17) is 4.74 Å². The minimum absolute atomic E-state index is 0.0778. The summed E-state index contributed by atoms with van der Waals surface area (Å²) >= 11 is 0. The molecule has 0 atom stereocenters. The second-order valence-corrected chi connectivity index (χ2v) is 3.99. The zero-order chi connectivity index (χ0) is 11.1. The van der Waals surface area contributed by atoms with Gasteiger partial charge in [-0.25, -0.2) is 0 Å². The quantitative estimate of drug-likeness (QED) is 0.725. The van der Waals surface area contributed by atoms with Gasteiger partial charge >= 0.3 is 6.18 Å². The van der Waals surface area contributed by atoms with Crippen molar-refractivity contribution in [1.29, 1.82) is 0 Å². The highest BCUT2D eigenvalue weighted by molar-refractivity contribution is 4.67. The number of halogens is 3. The Kier molecular flexibility index (Phi) is 5.39. The number of hydrogen-bond acceptors (Lipinski definition) is 2. The molecule has 0 aromatic carbocycles. The summed E-state index contributed by atoms with van der Waals surface area (Å²) in [6, 6.07) is 0. The van der Waals surface area contributed by atoms with Crippen LogP contribution < -0.4 is 5.32 Å². The second kappa shape index (κ2) is 6.33. The molecule has 0 unspecified atom stereocenters. The number of ether oxygens (including phenoxy) is 1. The van der Waals surface area contributed by atoms with Gasteiger partial charge in [-0.05, 0) is 38.3 Å². The lowest BCUT2D eigenvalue weighted by atomic mass is 9.99. The lowest BCUT2D eigenvalue weighted by molar-refractivity contribution is -0.138. The van der Waals surface area contributed by atoms with Gasteiger partial charge in [-0.3, -0.25) is 0 Å². The maximum atomic E-state index is 11.8. The Morgan fingerprint density at radius 3 is 2.47 bits per heavy atom. The Morgan fingerprint density at radius 1 is 1.20 bits per heavy atom. The van der Waals surface area contributed by atoms with Gasteiger partial charge in [-0.1, -0.05) is 0 Å². The molecule has 1 saturated heterocycles. The molecule has 1 N–H and O–H groups in total. The summed E-state index contributed by atoms with van der Waals surface area (Å²) in [7, 11) is 0. The van der Waals surface area contributed by atoms with Crippen molar-refractivity contribution in [1.82, 2.24) is 5.32 Å². The molecule has 0 aromatic rings. The van der Waals surface area contributed by atoms with Crippen LogP contribution in [0.3, 0.4) is 0 Å². The molecular weight excluding hydrogens is 207 g/mol. The first-order valence-corrected chi connectivity index (χ1v) is 5.43. The van der Waals surface area contributed by atoms with E-state index in [-0.39, 0.29) is 13.0 Å².